The minimum Gasteiger partial charge on any atom is -0.465 e. The average molecular weight is 356 g/mol. The van der Waals surface area contributed by atoms with Crippen molar-refractivity contribution in [1.29, 1.82) is 0 Å². The van der Waals surface area contributed by atoms with Gasteiger partial charge in [-0.2, -0.15) is 0 Å². The number of rotatable bonds is 6. The standard InChI is InChI=1S/C19H32O6/c1-8-18(6,11-13(2)15(21)24-17(3,4)5)16(22)25-19(7)9-10-23-14(20)12-19/h13H,8-12H2,1-7H3. The Morgan fingerprint density at radius 1 is 1.28 bits per heavy atom. The van der Waals surface area contributed by atoms with Gasteiger partial charge in [-0.25, -0.2) is 0 Å². The average Bonchev–Trinajstić information content (AvgIpc) is 2.44. The van der Waals surface area contributed by atoms with E-state index in [0.717, 1.165) is 0 Å². The van der Waals surface area contributed by atoms with Crippen molar-refractivity contribution in [3.8, 4) is 0 Å². The number of hydrogen-bond acceptors (Lipinski definition) is 6. The molecule has 0 amide bonds. The van der Waals surface area contributed by atoms with Crippen LogP contribution in [-0.4, -0.2) is 35.7 Å². The summed E-state index contributed by atoms with van der Waals surface area (Å²) in [7, 11) is 0. The van der Waals surface area contributed by atoms with Crippen molar-refractivity contribution in [2.24, 2.45) is 11.3 Å². The van der Waals surface area contributed by atoms with Gasteiger partial charge in [0.2, 0.25) is 0 Å². The molecule has 1 heterocycles. The van der Waals surface area contributed by atoms with Crippen LogP contribution in [0.3, 0.4) is 0 Å². The van der Waals surface area contributed by atoms with E-state index in [0.29, 0.717) is 19.3 Å². The molecule has 1 aliphatic rings. The van der Waals surface area contributed by atoms with Crippen LogP contribution in [0.15, 0.2) is 0 Å². The van der Waals surface area contributed by atoms with Crippen LogP contribution in [0.1, 0.15) is 74.1 Å². The predicted octanol–water partition coefficient (Wildman–Crippen LogP) is 3.41. The molecule has 0 aromatic carbocycles. The maximum Gasteiger partial charge on any atom is 0.312 e. The molecular weight excluding hydrogens is 324 g/mol. The maximum atomic E-state index is 12.8. The molecule has 0 spiro atoms. The summed E-state index contributed by atoms with van der Waals surface area (Å²) < 4.78 is 16.0. The van der Waals surface area contributed by atoms with Crippen molar-refractivity contribution in [3.05, 3.63) is 0 Å². The summed E-state index contributed by atoms with van der Waals surface area (Å²) in [6.45, 7) is 12.9. The van der Waals surface area contributed by atoms with Crippen LogP contribution >= 0.6 is 0 Å². The maximum absolute atomic E-state index is 12.8. The van der Waals surface area contributed by atoms with Crippen LogP contribution in [0.25, 0.3) is 0 Å². The highest BCUT2D eigenvalue weighted by Crippen LogP contribution is 2.36. The fourth-order valence-electron chi connectivity index (χ4n) is 2.79. The van der Waals surface area contributed by atoms with E-state index in [4.69, 9.17) is 14.2 Å². The molecule has 0 aliphatic carbocycles. The quantitative estimate of drug-likeness (QED) is 0.536. The highest BCUT2D eigenvalue weighted by molar-refractivity contribution is 5.80. The molecule has 144 valence electrons. The number of carbonyl (C=O) groups excluding carboxylic acids is 3. The smallest absolute Gasteiger partial charge is 0.312 e. The third kappa shape index (κ3) is 6.33. The molecular formula is C19H32O6. The van der Waals surface area contributed by atoms with Crippen LogP contribution in [0.5, 0.6) is 0 Å². The summed E-state index contributed by atoms with van der Waals surface area (Å²) in [5.41, 5.74) is -2.23. The Kier molecular flexibility index (Phi) is 6.65. The molecule has 6 heteroatoms. The molecule has 0 N–H and O–H groups in total. The molecule has 3 atom stereocenters. The number of carbonyl (C=O) groups is 3. The van der Waals surface area contributed by atoms with Crippen molar-refractivity contribution in [2.45, 2.75) is 85.4 Å². The number of hydrogen-bond donors (Lipinski definition) is 0. The third-order valence-corrected chi connectivity index (χ3v) is 4.59. The first kappa shape index (κ1) is 21.5. The molecule has 1 aliphatic heterocycles. The predicted molar refractivity (Wildman–Crippen MR) is 92.7 cm³/mol. The molecule has 25 heavy (non-hydrogen) atoms. The molecule has 0 aromatic heterocycles. The Labute approximate surface area is 150 Å². The topological polar surface area (TPSA) is 78.9 Å². The van der Waals surface area contributed by atoms with Crippen molar-refractivity contribution in [3.63, 3.8) is 0 Å². The van der Waals surface area contributed by atoms with Crippen molar-refractivity contribution in [2.75, 3.05) is 6.61 Å². The summed E-state index contributed by atoms with van der Waals surface area (Å²) in [6.07, 6.45) is 1.39. The second-order valence-corrected chi connectivity index (χ2v) is 8.54. The number of ether oxygens (including phenoxy) is 3. The van der Waals surface area contributed by atoms with Gasteiger partial charge in [0.15, 0.2) is 0 Å². The Morgan fingerprint density at radius 3 is 2.36 bits per heavy atom. The highest BCUT2D eigenvalue weighted by Gasteiger charge is 2.43. The third-order valence-electron chi connectivity index (χ3n) is 4.59. The molecule has 1 fully saturated rings. The second kappa shape index (κ2) is 7.75. The van der Waals surface area contributed by atoms with Gasteiger partial charge in [-0.1, -0.05) is 13.8 Å². The van der Waals surface area contributed by atoms with Crippen molar-refractivity contribution in [1.82, 2.24) is 0 Å². The van der Waals surface area contributed by atoms with E-state index in [2.05, 4.69) is 0 Å². The number of cyclic esters (lactones) is 1. The summed E-state index contributed by atoms with van der Waals surface area (Å²) >= 11 is 0. The van der Waals surface area contributed by atoms with Crippen molar-refractivity contribution < 1.29 is 28.6 Å². The normalized spacial score (nSPS) is 24.7. The second-order valence-electron chi connectivity index (χ2n) is 8.54. The fourth-order valence-corrected chi connectivity index (χ4v) is 2.79. The van der Waals surface area contributed by atoms with Gasteiger partial charge in [0.25, 0.3) is 0 Å². The highest BCUT2D eigenvalue weighted by atomic mass is 16.6. The van der Waals surface area contributed by atoms with Gasteiger partial charge in [0, 0.05) is 6.42 Å². The van der Waals surface area contributed by atoms with E-state index in [1.165, 1.54) is 0 Å². The van der Waals surface area contributed by atoms with Crippen molar-refractivity contribution >= 4 is 17.9 Å². The van der Waals surface area contributed by atoms with Gasteiger partial charge in [-0.15, -0.1) is 0 Å². The lowest BCUT2D eigenvalue weighted by molar-refractivity contribution is -0.184. The van der Waals surface area contributed by atoms with E-state index < -0.39 is 22.5 Å². The first-order valence-corrected chi connectivity index (χ1v) is 8.92. The molecule has 1 rings (SSSR count). The lowest BCUT2D eigenvalue weighted by atomic mass is 9.79. The van der Waals surface area contributed by atoms with Crippen LogP contribution in [0, 0.1) is 11.3 Å². The van der Waals surface area contributed by atoms with Gasteiger partial charge >= 0.3 is 17.9 Å². The first-order valence-electron chi connectivity index (χ1n) is 8.92. The van der Waals surface area contributed by atoms with Crippen LogP contribution in [0.2, 0.25) is 0 Å². The van der Waals surface area contributed by atoms with E-state index in [-0.39, 0.29) is 30.9 Å². The monoisotopic (exact) mass is 356 g/mol. The molecule has 3 unspecified atom stereocenters. The molecule has 0 aromatic rings. The van der Waals surface area contributed by atoms with Gasteiger partial charge in [0.1, 0.15) is 11.2 Å². The van der Waals surface area contributed by atoms with E-state index in [1.54, 1.807) is 20.8 Å². The Balaban J connectivity index is 2.78. The van der Waals surface area contributed by atoms with Gasteiger partial charge in [0.05, 0.1) is 24.4 Å². The minimum atomic E-state index is -0.849. The van der Waals surface area contributed by atoms with Crippen LogP contribution in [0.4, 0.5) is 0 Å². The van der Waals surface area contributed by atoms with E-state index in [9.17, 15) is 14.4 Å². The summed E-state index contributed by atoms with van der Waals surface area (Å²) in [5, 5.41) is 0. The summed E-state index contributed by atoms with van der Waals surface area (Å²) in [4.78, 5) is 36.5. The minimum absolute atomic E-state index is 0.0557. The zero-order chi connectivity index (χ0) is 19.5. The lowest BCUT2D eigenvalue weighted by Crippen LogP contribution is -2.44. The zero-order valence-electron chi connectivity index (χ0n) is 16.6. The summed E-state index contributed by atoms with van der Waals surface area (Å²) in [6, 6.07) is 0. The van der Waals surface area contributed by atoms with Gasteiger partial charge < -0.3 is 14.2 Å². The van der Waals surface area contributed by atoms with Crippen LogP contribution in [-0.2, 0) is 28.6 Å². The molecule has 1 saturated heterocycles. The van der Waals surface area contributed by atoms with Gasteiger partial charge in [-0.05, 0) is 47.5 Å². The first-order chi connectivity index (χ1) is 11.3. The Hall–Kier alpha value is -1.59. The van der Waals surface area contributed by atoms with E-state index >= 15 is 0 Å². The Morgan fingerprint density at radius 2 is 1.88 bits per heavy atom. The lowest BCUT2D eigenvalue weighted by Gasteiger charge is -2.37. The van der Waals surface area contributed by atoms with E-state index in [1.807, 2.05) is 27.7 Å². The molecule has 0 radical (unpaired) electrons. The Bertz CT molecular complexity index is 520. The largest absolute Gasteiger partial charge is 0.465 e. The zero-order valence-corrected chi connectivity index (χ0v) is 16.6. The SMILES string of the molecule is CCC(C)(CC(C)C(=O)OC(C)(C)C)C(=O)OC1(C)CCOC(=O)C1. The van der Waals surface area contributed by atoms with Gasteiger partial charge in [-0.3, -0.25) is 14.4 Å². The van der Waals surface area contributed by atoms with Crippen LogP contribution < -0.4 is 0 Å². The molecule has 6 nitrogen and oxygen atoms in total. The number of esters is 3. The summed E-state index contributed by atoms with van der Waals surface area (Å²) in [5.74, 6) is -1.50. The fraction of sp³-hybridized carbons (Fsp3) is 0.842. The molecule has 0 saturated carbocycles. The molecule has 0 bridgehead atoms.